The first-order valence-corrected chi connectivity index (χ1v) is 12.5. The molecule has 2 aromatic heterocycles. The van der Waals surface area contributed by atoms with Gasteiger partial charge in [0.05, 0.1) is 26.6 Å². The lowest BCUT2D eigenvalue weighted by atomic mass is 10.1. The summed E-state index contributed by atoms with van der Waals surface area (Å²) in [5, 5.41) is 4.92. The van der Waals surface area contributed by atoms with Crippen molar-refractivity contribution >= 4 is 61.5 Å². The molecule has 4 rings (SSSR count). The summed E-state index contributed by atoms with van der Waals surface area (Å²) in [5.41, 5.74) is 12.4. The number of benzene rings is 2. The molecule has 0 unspecified atom stereocenters. The number of aryl methyl sites for hydroxylation is 1. The molecule has 0 radical (unpaired) electrons. The molecule has 4 aromatic rings. The lowest BCUT2D eigenvalue weighted by Crippen LogP contribution is -2.14. The van der Waals surface area contributed by atoms with Crippen LogP contribution in [0, 0.1) is 5.82 Å². The Morgan fingerprint density at radius 2 is 1.94 bits per heavy atom. The van der Waals surface area contributed by atoms with E-state index in [-0.39, 0.29) is 32.9 Å². The lowest BCUT2D eigenvalue weighted by Gasteiger charge is -2.11. The number of amides is 1. The van der Waals surface area contributed by atoms with Gasteiger partial charge in [-0.25, -0.2) is 17.8 Å². The van der Waals surface area contributed by atoms with E-state index in [1.165, 1.54) is 36.5 Å². The molecule has 0 atom stereocenters. The average Bonchev–Trinajstić information content (AvgIpc) is 3.16. The van der Waals surface area contributed by atoms with Gasteiger partial charge in [-0.05, 0) is 36.8 Å². The van der Waals surface area contributed by atoms with Crippen LogP contribution in [0.2, 0.25) is 10.0 Å². The Balaban J connectivity index is 1.70. The van der Waals surface area contributed by atoms with E-state index in [0.29, 0.717) is 35.1 Å². The lowest BCUT2D eigenvalue weighted by molar-refractivity contribution is -0.118. The molecule has 1 amide bonds. The average molecular weight is 537 g/mol. The first kappa shape index (κ1) is 24.7. The zero-order valence-electron chi connectivity index (χ0n) is 18.0. The molecule has 0 aliphatic heterocycles. The van der Waals surface area contributed by atoms with Gasteiger partial charge < -0.3 is 11.5 Å². The number of hydrogen-bond donors (Lipinski definition) is 3. The highest BCUT2D eigenvalue weighted by Gasteiger charge is 2.22. The number of nitrogens with one attached hydrogen (secondary N) is 1. The first-order chi connectivity index (χ1) is 16.6. The number of nitrogens with zero attached hydrogens (tertiary/aromatic N) is 3. The number of aromatic nitrogens is 3. The van der Waals surface area contributed by atoms with Crippen LogP contribution in [-0.4, -0.2) is 29.1 Å². The Bertz CT molecular complexity index is 1560. The monoisotopic (exact) mass is 536 g/mol. The number of pyridine rings is 1. The summed E-state index contributed by atoms with van der Waals surface area (Å²) in [6.45, 7) is 0.379. The van der Waals surface area contributed by atoms with Crippen LogP contribution in [0.25, 0.3) is 22.2 Å². The molecule has 0 aliphatic carbocycles. The van der Waals surface area contributed by atoms with Crippen LogP contribution < -0.4 is 16.2 Å². The van der Waals surface area contributed by atoms with Gasteiger partial charge in [0.1, 0.15) is 22.2 Å². The van der Waals surface area contributed by atoms with Gasteiger partial charge in [-0.2, -0.15) is 5.10 Å². The second kappa shape index (κ2) is 9.68. The third-order valence-corrected chi connectivity index (χ3v) is 7.52. The van der Waals surface area contributed by atoms with Crippen molar-refractivity contribution < 1.29 is 17.6 Å². The zero-order chi connectivity index (χ0) is 25.3. The minimum Gasteiger partial charge on any atom is -0.383 e. The number of carbonyl (C=O) groups excluding carboxylic acids is 1. The molecule has 0 saturated heterocycles. The Morgan fingerprint density at radius 1 is 1.17 bits per heavy atom. The van der Waals surface area contributed by atoms with Gasteiger partial charge in [-0.1, -0.05) is 35.3 Å². The van der Waals surface area contributed by atoms with Gasteiger partial charge in [-0.3, -0.25) is 14.2 Å². The fourth-order valence-corrected chi connectivity index (χ4v) is 5.39. The molecule has 0 fully saturated rings. The Hall–Kier alpha value is -3.41. The Labute approximate surface area is 209 Å². The highest BCUT2D eigenvalue weighted by Crippen LogP contribution is 2.34. The third-order valence-electron chi connectivity index (χ3n) is 5.18. The molecule has 0 bridgehead atoms. The number of anilines is 2. The maximum Gasteiger partial charge on any atom is 0.263 e. The van der Waals surface area contributed by atoms with Crippen molar-refractivity contribution in [3.63, 3.8) is 0 Å². The number of halogens is 3. The first-order valence-electron chi connectivity index (χ1n) is 10.2. The maximum absolute atomic E-state index is 15.0. The molecule has 5 N–H and O–H groups in total. The number of carbonyl (C=O) groups is 1. The molecule has 2 aromatic carbocycles. The summed E-state index contributed by atoms with van der Waals surface area (Å²) in [6.07, 6.45) is 2.15. The standard InChI is InChI=1S/C22H19Cl2FN6O3S/c23-13-3-1-4-17(20(13)24)35(33,34)30-15-7-6-12(11-14(15)25)21-19-16(8-9-28-22(19)27)31(29-21)10-2-5-18(26)32/h1,3-4,6-9,11,30H,2,5,10H2,(H2,26,32)(H2,27,28). The number of sulfonamides is 1. The number of primary amides is 1. The summed E-state index contributed by atoms with van der Waals surface area (Å²) in [6, 6.07) is 9.74. The largest absolute Gasteiger partial charge is 0.383 e. The van der Waals surface area contributed by atoms with Crippen molar-refractivity contribution in [2.24, 2.45) is 5.73 Å². The minimum atomic E-state index is -4.21. The fraction of sp³-hybridized carbons (Fsp3) is 0.136. The molecule has 0 aliphatic rings. The molecule has 9 nitrogen and oxygen atoms in total. The quantitative estimate of drug-likeness (QED) is 0.307. The van der Waals surface area contributed by atoms with E-state index < -0.39 is 21.7 Å². The van der Waals surface area contributed by atoms with Crippen LogP contribution in [-0.2, 0) is 21.4 Å². The summed E-state index contributed by atoms with van der Waals surface area (Å²) < 4.78 is 44.4. The summed E-state index contributed by atoms with van der Waals surface area (Å²) in [5.74, 6) is -1.08. The summed E-state index contributed by atoms with van der Waals surface area (Å²) >= 11 is 11.9. The SMILES string of the molecule is NC(=O)CCCn1nc(-c2ccc(NS(=O)(=O)c3cccc(Cl)c3Cl)c(F)c2)c2c(N)nccc21. The van der Waals surface area contributed by atoms with Gasteiger partial charge in [-0.15, -0.1) is 0 Å². The summed E-state index contributed by atoms with van der Waals surface area (Å²) in [7, 11) is -4.21. The molecule has 0 spiro atoms. The third kappa shape index (κ3) is 5.02. The van der Waals surface area contributed by atoms with Crippen molar-refractivity contribution in [1.82, 2.24) is 14.8 Å². The highest BCUT2D eigenvalue weighted by atomic mass is 35.5. The van der Waals surface area contributed by atoms with Gasteiger partial charge in [0.2, 0.25) is 5.91 Å². The normalized spacial score (nSPS) is 11.6. The molecule has 0 saturated carbocycles. The van der Waals surface area contributed by atoms with Gasteiger partial charge in [0.25, 0.3) is 10.0 Å². The second-order valence-electron chi connectivity index (χ2n) is 7.58. The van der Waals surface area contributed by atoms with Crippen LogP contribution in [0.4, 0.5) is 15.9 Å². The number of nitrogen functional groups attached to an aromatic ring is 1. The zero-order valence-corrected chi connectivity index (χ0v) is 20.3. The van der Waals surface area contributed by atoms with Gasteiger partial charge in [0, 0.05) is 24.7 Å². The Morgan fingerprint density at radius 3 is 2.66 bits per heavy atom. The van der Waals surface area contributed by atoms with Crippen LogP contribution in [0.3, 0.4) is 0 Å². The number of nitrogens with two attached hydrogens (primary N) is 2. The maximum atomic E-state index is 15.0. The van der Waals surface area contributed by atoms with Crippen molar-refractivity contribution in [2.45, 2.75) is 24.3 Å². The van der Waals surface area contributed by atoms with Crippen LogP contribution in [0.15, 0.2) is 53.6 Å². The fourth-order valence-electron chi connectivity index (χ4n) is 3.56. The van der Waals surface area contributed by atoms with E-state index in [1.807, 2.05) is 0 Å². The second-order valence-corrected chi connectivity index (χ2v) is 10.0. The predicted molar refractivity (Wildman–Crippen MR) is 133 cm³/mol. The van der Waals surface area contributed by atoms with Crippen molar-refractivity contribution in [2.75, 3.05) is 10.5 Å². The van der Waals surface area contributed by atoms with E-state index in [2.05, 4.69) is 14.8 Å². The van der Waals surface area contributed by atoms with E-state index in [1.54, 1.807) is 10.7 Å². The molecular formula is C22H19Cl2FN6O3S. The van der Waals surface area contributed by atoms with Crippen LogP contribution in [0.5, 0.6) is 0 Å². The minimum absolute atomic E-state index is 0.0508. The number of hydrogen-bond acceptors (Lipinski definition) is 6. The number of fused-ring (bicyclic) bond motifs is 1. The predicted octanol–water partition coefficient (Wildman–Crippen LogP) is 4.19. The highest BCUT2D eigenvalue weighted by molar-refractivity contribution is 7.92. The van der Waals surface area contributed by atoms with Crippen molar-refractivity contribution in [1.29, 1.82) is 0 Å². The molecule has 35 heavy (non-hydrogen) atoms. The van der Waals surface area contributed by atoms with Crippen LogP contribution in [0.1, 0.15) is 12.8 Å². The van der Waals surface area contributed by atoms with Gasteiger partial charge in [0.15, 0.2) is 0 Å². The topological polar surface area (TPSA) is 146 Å². The smallest absolute Gasteiger partial charge is 0.263 e. The van der Waals surface area contributed by atoms with Crippen LogP contribution >= 0.6 is 23.2 Å². The molecule has 182 valence electrons. The van der Waals surface area contributed by atoms with Crippen molar-refractivity contribution in [3.8, 4) is 11.3 Å². The summed E-state index contributed by atoms with van der Waals surface area (Å²) in [4.78, 5) is 14.9. The van der Waals surface area contributed by atoms with E-state index in [0.717, 1.165) is 6.07 Å². The molecule has 2 heterocycles. The van der Waals surface area contributed by atoms with E-state index in [4.69, 9.17) is 34.7 Å². The molecule has 13 heteroatoms. The van der Waals surface area contributed by atoms with E-state index >= 15 is 4.39 Å². The van der Waals surface area contributed by atoms with Crippen molar-refractivity contribution in [3.05, 3.63) is 64.5 Å². The Kier molecular flexibility index (Phi) is 6.84. The number of rotatable bonds is 8. The van der Waals surface area contributed by atoms with Gasteiger partial charge >= 0.3 is 0 Å². The van der Waals surface area contributed by atoms with E-state index in [9.17, 15) is 13.2 Å². The molecular weight excluding hydrogens is 518 g/mol.